The third kappa shape index (κ3) is 7.17. The van der Waals surface area contributed by atoms with Gasteiger partial charge in [0.1, 0.15) is 18.3 Å². The molecule has 0 aliphatic rings. The van der Waals surface area contributed by atoms with Crippen molar-refractivity contribution in [2.45, 2.75) is 51.6 Å². The van der Waals surface area contributed by atoms with E-state index in [0.717, 1.165) is 15.4 Å². The lowest BCUT2D eigenvalue weighted by Crippen LogP contribution is -2.52. The summed E-state index contributed by atoms with van der Waals surface area (Å²) >= 11 is 0. The van der Waals surface area contributed by atoms with Gasteiger partial charge in [0.15, 0.2) is 0 Å². The highest BCUT2D eigenvalue weighted by Gasteiger charge is 2.34. The zero-order chi connectivity index (χ0) is 28.6. The van der Waals surface area contributed by atoms with E-state index in [1.165, 1.54) is 4.90 Å². The molecule has 0 aliphatic heterocycles. The average Bonchev–Trinajstić information content (AvgIpc) is 2.92. The zero-order valence-corrected chi connectivity index (χ0v) is 24.0. The Bertz CT molecular complexity index is 1370. The molecule has 1 atom stereocenters. The van der Waals surface area contributed by atoms with Gasteiger partial charge in [0.25, 0.3) is 10.0 Å². The van der Waals surface area contributed by atoms with E-state index < -0.39 is 28.5 Å². The number of nitrogens with one attached hydrogen (secondary N) is 1. The third-order valence-electron chi connectivity index (χ3n) is 6.52. The first-order valence-electron chi connectivity index (χ1n) is 13.0. The minimum atomic E-state index is -4.10. The van der Waals surface area contributed by atoms with Crippen LogP contribution in [0.4, 0.5) is 5.69 Å². The number of anilines is 1. The normalized spacial score (nSPS) is 11.9. The second-order valence-electron chi connectivity index (χ2n) is 9.30. The molecule has 8 nitrogen and oxygen atoms in total. The second-order valence-corrected chi connectivity index (χ2v) is 11.2. The maximum atomic E-state index is 14.0. The van der Waals surface area contributed by atoms with E-state index >= 15 is 0 Å². The number of aryl methyl sites for hydroxylation is 2. The van der Waals surface area contributed by atoms with Gasteiger partial charge in [-0.1, -0.05) is 55.0 Å². The number of likely N-dealkylation sites (N-methyl/N-ethyl adjacent to an activating group) is 1. The molecular formula is C30H37N3O5S. The molecule has 0 radical (unpaired) electrons. The highest BCUT2D eigenvalue weighted by molar-refractivity contribution is 7.92. The van der Waals surface area contributed by atoms with Gasteiger partial charge in [-0.05, 0) is 68.7 Å². The van der Waals surface area contributed by atoms with Crippen LogP contribution in [0.1, 0.15) is 37.0 Å². The number of methoxy groups -OCH3 is 1. The number of benzene rings is 3. The highest BCUT2D eigenvalue weighted by Crippen LogP contribution is 2.28. The highest BCUT2D eigenvalue weighted by atomic mass is 32.2. The number of hydrogen-bond acceptors (Lipinski definition) is 5. The fourth-order valence-electron chi connectivity index (χ4n) is 4.33. The van der Waals surface area contributed by atoms with Gasteiger partial charge in [-0.25, -0.2) is 8.42 Å². The molecule has 9 heteroatoms. The number of rotatable bonds is 12. The summed E-state index contributed by atoms with van der Waals surface area (Å²) in [5.41, 5.74) is 2.82. The number of amides is 2. The Morgan fingerprint density at radius 1 is 0.923 bits per heavy atom. The van der Waals surface area contributed by atoms with Crippen LogP contribution in [0.25, 0.3) is 0 Å². The van der Waals surface area contributed by atoms with Crippen LogP contribution in [0.3, 0.4) is 0 Å². The van der Waals surface area contributed by atoms with Gasteiger partial charge in [0.2, 0.25) is 11.8 Å². The Hall–Kier alpha value is -3.85. The third-order valence-corrected chi connectivity index (χ3v) is 8.29. The van der Waals surface area contributed by atoms with Crippen LogP contribution in [0.5, 0.6) is 5.75 Å². The summed E-state index contributed by atoms with van der Waals surface area (Å²) in [4.78, 5) is 28.6. The van der Waals surface area contributed by atoms with Crippen LogP contribution >= 0.6 is 0 Å². The number of sulfonamides is 1. The molecule has 0 bridgehead atoms. The fourth-order valence-corrected chi connectivity index (χ4v) is 5.81. The van der Waals surface area contributed by atoms with Crippen molar-refractivity contribution in [3.05, 3.63) is 89.5 Å². The molecule has 0 aromatic heterocycles. The molecule has 0 spiro atoms. The number of para-hydroxylation sites is 1. The number of nitrogens with zero attached hydrogens (tertiary/aromatic N) is 2. The van der Waals surface area contributed by atoms with E-state index in [1.807, 2.05) is 39.0 Å². The molecule has 208 valence electrons. The van der Waals surface area contributed by atoms with Crippen molar-refractivity contribution in [3.8, 4) is 5.75 Å². The first kappa shape index (κ1) is 29.7. The van der Waals surface area contributed by atoms with Crippen molar-refractivity contribution in [1.29, 1.82) is 0 Å². The molecule has 3 aromatic carbocycles. The summed E-state index contributed by atoms with van der Waals surface area (Å²) < 4.78 is 34.2. The lowest BCUT2D eigenvalue weighted by Gasteiger charge is -2.33. The monoisotopic (exact) mass is 551 g/mol. The Labute approximate surface area is 231 Å². The molecule has 3 rings (SSSR count). The molecule has 3 aromatic rings. The van der Waals surface area contributed by atoms with E-state index in [1.54, 1.807) is 68.6 Å². The summed E-state index contributed by atoms with van der Waals surface area (Å²) in [6.07, 6.45) is 0.364. The summed E-state index contributed by atoms with van der Waals surface area (Å²) in [6, 6.07) is 20.0. The van der Waals surface area contributed by atoms with Gasteiger partial charge in [0, 0.05) is 13.1 Å². The smallest absolute Gasteiger partial charge is 0.264 e. The standard InChI is InChI=1S/C30H37N3O5S/c1-6-27(30(35)31-7-2)32(20-24-14-16-25(38-5)17-15-24)29(34)21-33(28-11-9-8-10-23(28)4)39(36,37)26-18-12-22(3)13-19-26/h8-19,27H,6-7,20-21H2,1-5H3,(H,31,35)/t27-/m0/s1. The first-order valence-corrected chi connectivity index (χ1v) is 14.4. The average molecular weight is 552 g/mol. The maximum absolute atomic E-state index is 14.0. The minimum absolute atomic E-state index is 0.0848. The van der Waals surface area contributed by atoms with Crippen LogP contribution in [-0.4, -0.2) is 51.4 Å². The molecular weight excluding hydrogens is 514 g/mol. The van der Waals surface area contributed by atoms with Crippen LogP contribution in [0.15, 0.2) is 77.7 Å². The zero-order valence-electron chi connectivity index (χ0n) is 23.2. The van der Waals surface area contributed by atoms with E-state index in [-0.39, 0.29) is 17.3 Å². The molecule has 0 fully saturated rings. The topological polar surface area (TPSA) is 96.0 Å². The number of carbonyl (C=O) groups excluding carboxylic acids is 2. The van der Waals surface area contributed by atoms with Gasteiger partial charge in [-0.3, -0.25) is 13.9 Å². The summed E-state index contributed by atoms with van der Waals surface area (Å²) in [7, 11) is -2.53. The number of ether oxygens (including phenoxy) is 1. The Kier molecular flexibility index (Phi) is 10.1. The number of carbonyl (C=O) groups is 2. The van der Waals surface area contributed by atoms with Crippen molar-refractivity contribution < 1.29 is 22.7 Å². The van der Waals surface area contributed by atoms with E-state index in [4.69, 9.17) is 4.74 Å². The maximum Gasteiger partial charge on any atom is 0.264 e. The SMILES string of the molecule is CCNC(=O)[C@H](CC)N(Cc1ccc(OC)cc1)C(=O)CN(c1ccccc1C)S(=O)(=O)c1ccc(C)cc1. The van der Waals surface area contributed by atoms with Crippen molar-refractivity contribution in [2.24, 2.45) is 0 Å². The Morgan fingerprint density at radius 3 is 2.13 bits per heavy atom. The van der Waals surface area contributed by atoms with Crippen LogP contribution in [0.2, 0.25) is 0 Å². The molecule has 0 saturated carbocycles. The van der Waals surface area contributed by atoms with Gasteiger partial charge in [-0.2, -0.15) is 0 Å². The van der Waals surface area contributed by atoms with E-state index in [0.29, 0.717) is 30.0 Å². The van der Waals surface area contributed by atoms with Crippen molar-refractivity contribution in [1.82, 2.24) is 10.2 Å². The van der Waals surface area contributed by atoms with Crippen LogP contribution in [-0.2, 0) is 26.2 Å². The predicted octanol–water partition coefficient (Wildman–Crippen LogP) is 4.45. The molecule has 0 saturated heterocycles. The quantitative estimate of drug-likeness (QED) is 0.359. The van der Waals surface area contributed by atoms with Gasteiger partial charge >= 0.3 is 0 Å². The molecule has 39 heavy (non-hydrogen) atoms. The van der Waals surface area contributed by atoms with Crippen molar-refractivity contribution in [2.75, 3.05) is 24.5 Å². The van der Waals surface area contributed by atoms with E-state index in [9.17, 15) is 18.0 Å². The van der Waals surface area contributed by atoms with E-state index in [2.05, 4.69) is 5.32 Å². The summed E-state index contributed by atoms with van der Waals surface area (Å²) in [6.45, 7) is 7.40. The molecule has 0 heterocycles. The minimum Gasteiger partial charge on any atom is -0.497 e. The van der Waals surface area contributed by atoms with Crippen molar-refractivity contribution in [3.63, 3.8) is 0 Å². The lowest BCUT2D eigenvalue weighted by atomic mass is 10.1. The molecule has 1 N–H and O–H groups in total. The fraction of sp³-hybridized carbons (Fsp3) is 0.333. The Morgan fingerprint density at radius 2 is 1.56 bits per heavy atom. The Balaban J connectivity index is 2.06. The molecule has 0 unspecified atom stereocenters. The van der Waals surface area contributed by atoms with Gasteiger partial charge < -0.3 is 15.0 Å². The summed E-state index contributed by atoms with van der Waals surface area (Å²) in [5, 5.41) is 2.81. The molecule has 2 amide bonds. The first-order chi connectivity index (χ1) is 18.6. The van der Waals surface area contributed by atoms with Crippen molar-refractivity contribution >= 4 is 27.5 Å². The largest absolute Gasteiger partial charge is 0.497 e. The van der Waals surface area contributed by atoms with Crippen LogP contribution < -0.4 is 14.4 Å². The van der Waals surface area contributed by atoms with Gasteiger partial charge in [-0.15, -0.1) is 0 Å². The second kappa shape index (κ2) is 13.3. The predicted molar refractivity (Wildman–Crippen MR) is 153 cm³/mol. The van der Waals surface area contributed by atoms with Crippen LogP contribution in [0, 0.1) is 13.8 Å². The molecule has 0 aliphatic carbocycles. The summed E-state index contributed by atoms with van der Waals surface area (Å²) in [5.74, 6) is -0.101. The lowest BCUT2D eigenvalue weighted by molar-refractivity contribution is -0.140. The van der Waals surface area contributed by atoms with Gasteiger partial charge in [0.05, 0.1) is 17.7 Å². The number of hydrogen-bond donors (Lipinski definition) is 1.